The maximum Gasteiger partial charge on any atom is 0.435 e. The molecule has 31 heavy (non-hydrogen) atoms. The molecule has 0 radical (unpaired) electrons. The van der Waals surface area contributed by atoms with Crippen molar-refractivity contribution in [2.24, 2.45) is 5.73 Å². The smallest absolute Gasteiger partial charge is 0.351 e. The Bertz CT molecular complexity index is 1080. The fraction of sp³-hybridized carbons (Fsp3) is 0.200. The van der Waals surface area contributed by atoms with E-state index in [-0.39, 0.29) is 23.8 Å². The van der Waals surface area contributed by atoms with Crippen LogP contribution in [0.5, 0.6) is 0 Å². The van der Waals surface area contributed by atoms with E-state index in [0.29, 0.717) is 17.3 Å². The van der Waals surface area contributed by atoms with Crippen LogP contribution in [0, 0.1) is 0 Å². The van der Waals surface area contributed by atoms with E-state index in [4.69, 9.17) is 5.73 Å². The largest absolute Gasteiger partial charge is 0.435 e. The number of benzene rings is 1. The Morgan fingerprint density at radius 1 is 1.19 bits per heavy atom. The zero-order valence-electron chi connectivity index (χ0n) is 16.3. The molecular formula is C20H19F3N6O2. The Balaban J connectivity index is 1.94. The minimum absolute atomic E-state index is 0.110. The van der Waals surface area contributed by atoms with E-state index < -0.39 is 23.8 Å². The predicted molar refractivity (Wildman–Crippen MR) is 106 cm³/mol. The number of hydrogen-bond acceptors (Lipinski definition) is 5. The molecule has 0 saturated heterocycles. The zero-order chi connectivity index (χ0) is 22.6. The van der Waals surface area contributed by atoms with Gasteiger partial charge in [-0.2, -0.15) is 18.3 Å². The number of carbonyl (C=O) groups excluding carboxylic acids is 2. The van der Waals surface area contributed by atoms with Crippen LogP contribution in [0.3, 0.4) is 0 Å². The molecule has 0 spiro atoms. The molecule has 3 rings (SSSR count). The first kappa shape index (κ1) is 22.0. The van der Waals surface area contributed by atoms with Crippen molar-refractivity contribution in [1.29, 1.82) is 0 Å². The molecule has 2 amide bonds. The molecule has 162 valence electrons. The number of pyridine rings is 1. The molecule has 8 nitrogen and oxygen atoms in total. The predicted octanol–water partition coefficient (Wildman–Crippen LogP) is 2.50. The van der Waals surface area contributed by atoms with Gasteiger partial charge in [-0.25, -0.2) is 4.68 Å². The van der Waals surface area contributed by atoms with Crippen molar-refractivity contribution in [2.75, 3.05) is 5.32 Å². The third-order valence-corrected chi connectivity index (χ3v) is 4.19. The summed E-state index contributed by atoms with van der Waals surface area (Å²) in [5.74, 6) is -1.16. The van der Waals surface area contributed by atoms with Crippen LogP contribution in [0.25, 0.3) is 5.69 Å². The van der Waals surface area contributed by atoms with Crippen molar-refractivity contribution >= 4 is 17.5 Å². The fourth-order valence-electron chi connectivity index (χ4n) is 2.66. The Labute approximate surface area is 175 Å². The summed E-state index contributed by atoms with van der Waals surface area (Å²) in [6.07, 6.45) is -1.88. The van der Waals surface area contributed by atoms with E-state index in [9.17, 15) is 22.8 Å². The average molecular weight is 432 g/mol. The molecule has 0 bridgehead atoms. The molecule has 0 aliphatic heterocycles. The second kappa shape index (κ2) is 8.96. The van der Waals surface area contributed by atoms with Crippen molar-refractivity contribution in [1.82, 2.24) is 20.1 Å². The highest BCUT2D eigenvalue weighted by molar-refractivity contribution is 6.03. The van der Waals surface area contributed by atoms with Crippen molar-refractivity contribution in [3.05, 3.63) is 71.8 Å². The third-order valence-electron chi connectivity index (χ3n) is 4.19. The molecule has 4 N–H and O–H groups in total. The van der Waals surface area contributed by atoms with Crippen molar-refractivity contribution < 1.29 is 22.8 Å². The van der Waals surface area contributed by atoms with Gasteiger partial charge in [-0.3, -0.25) is 14.6 Å². The summed E-state index contributed by atoms with van der Waals surface area (Å²) >= 11 is 0. The van der Waals surface area contributed by atoms with E-state index in [2.05, 4.69) is 20.7 Å². The molecular weight excluding hydrogens is 413 g/mol. The molecule has 2 heterocycles. The number of carbonyl (C=O) groups is 2. The summed E-state index contributed by atoms with van der Waals surface area (Å²) in [6.45, 7) is 1.64. The number of halogens is 3. The third kappa shape index (κ3) is 5.45. The summed E-state index contributed by atoms with van der Waals surface area (Å²) in [7, 11) is 0. The summed E-state index contributed by atoms with van der Waals surface area (Å²) in [5, 5.41) is 8.70. The first-order valence-electron chi connectivity index (χ1n) is 9.16. The van der Waals surface area contributed by atoms with E-state index >= 15 is 0 Å². The molecule has 1 aromatic carbocycles. The highest BCUT2D eigenvalue weighted by Crippen LogP contribution is 2.30. The van der Waals surface area contributed by atoms with Gasteiger partial charge in [0.1, 0.15) is 5.69 Å². The standard InChI is InChI=1S/C20H19F3N6O2/c1-12(24)18(30)26-10-13-4-2-6-15(8-13)29-16(9-17(28-29)20(21,22)23)19(31)27-14-5-3-7-25-11-14/h2-9,11-12H,10,24H2,1H3,(H,26,30)(H,27,31)/t12-/m0/s1. The summed E-state index contributed by atoms with van der Waals surface area (Å²) in [5.41, 5.74) is 5.11. The summed E-state index contributed by atoms with van der Waals surface area (Å²) < 4.78 is 40.7. The topological polar surface area (TPSA) is 115 Å². The molecule has 0 saturated carbocycles. The van der Waals surface area contributed by atoms with Crippen LogP contribution in [-0.2, 0) is 17.5 Å². The van der Waals surface area contributed by atoms with Gasteiger partial charge in [0.15, 0.2) is 5.69 Å². The van der Waals surface area contributed by atoms with Crippen LogP contribution in [0.4, 0.5) is 18.9 Å². The van der Waals surface area contributed by atoms with Crippen LogP contribution in [0.15, 0.2) is 54.9 Å². The van der Waals surface area contributed by atoms with E-state index in [0.717, 1.165) is 4.68 Å². The molecule has 3 aromatic rings. The fourth-order valence-corrected chi connectivity index (χ4v) is 2.66. The van der Waals surface area contributed by atoms with Gasteiger partial charge in [0, 0.05) is 18.8 Å². The number of nitrogens with zero attached hydrogens (tertiary/aromatic N) is 3. The molecule has 11 heteroatoms. The number of hydrogen-bond donors (Lipinski definition) is 3. The lowest BCUT2D eigenvalue weighted by Gasteiger charge is -2.11. The van der Waals surface area contributed by atoms with Gasteiger partial charge < -0.3 is 16.4 Å². The monoisotopic (exact) mass is 432 g/mol. The van der Waals surface area contributed by atoms with Gasteiger partial charge in [-0.15, -0.1) is 0 Å². The van der Waals surface area contributed by atoms with Gasteiger partial charge in [0.25, 0.3) is 5.91 Å². The van der Waals surface area contributed by atoms with Gasteiger partial charge in [-0.05, 0) is 36.8 Å². The highest BCUT2D eigenvalue weighted by Gasteiger charge is 2.36. The Kier molecular flexibility index (Phi) is 6.35. The van der Waals surface area contributed by atoms with Gasteiger partial charge in [0.05, 0.1) is 23.6 Å². The average Bonchev–Trinajstić information content (AvgIpc) is 3.19. The summed E-state index contributed by atoms with van der Waals surface area (Å²) in [6, 6.07) is 9.39. The number of nitrogens with one attached hydrogen (secondary N) is 2. The van der Waals surface area contributed by atoms with Crippen molar-refractivity contribution in [3.8, 4) is 5.69 Å². The molecule has 0 unspecified atom stereocenters. The first-order valence-corrected chi connectivity index (χ1v) is 9.16. The number of nitrogens with two attached hydrogens (primary N) is 1. The van der Waals surface area contributed by atoms with Gasteiger partial charge in [-0.1, -0.05) is 12.1 Å². The van der Waals surface area contributed by atoms with Gasteiger partial charge >= 0.3 is 6.18 Å². The lowest BCUT2D eigenvalue weighted by atomic mass is 10.2. The van der Waals surface area contributed by atoms with Crippen LogP contribution in [-0.4, -0.2) is 32.6 Å². The maximum atomic E-state index is 13.3. The zero-order valence-corrected chi connectivity index (χ0v) is 16.3. The lowest BCUT2D eigenvalue weighted by Crippen LogP contribution is -2.37. The Morgan fingerprint density at radius 2 is 1.97 bits per heavy atom. The van der Waals surface area contributed by atoms with Crippen LogP contribution >= 0.6 is 0 Å². The molecule has 0 fully saturated rings. The highest BCUT2D eigenvalue weighted by atomic mass is 19.4. The first-order chi connectivity index (χ1) is 14.6. The molecule has 2 aromatic heterocycles. The SMILES string of the molecule is C[C@H](N)C(=O)NCc1cccc(-n2nc(C(F)(F)F)cc2C(=O)Nc2cccnc2)c1. The minimum Gasteiger partial charge on any atom is -0.351 e. The number of alkyl halides is 3. The van der Waals surface area contributed by atoms with Crippen molar-refractivity contribution in [2.45, 2.75) is 25.7 Å². The Morgan fingerprint density at radius 3 is 2.61 bits per heavy atom. The number of anilines is 1. The van der Waals surface area contributed by atoms with E-state index in [1.165, 1.54) is 31.5 Å². The Hall–Kier alpha value is -3.73. The second-order valence-corrected chi connectivity index (χ2v) is 6.70. The normalized spacial score (nSPS) is 12.3. The van der Waals surface area contributed by atoms with E-state index in [1.54, 1.807) is 24.3 Å². The number of rotatable bonds is 6. The quantitative estimate of drug-likeness (QED) is 0.554. The van der Waals surface area contributed by atoms with Gasteiger partial charge in [0.2, 0.25) is 5.91 Å². The van der Waals surface area contributed by atoms with E-state index in [1.807, 2.05) is 0 Å². The van der Waals surface area contributed by atoms with Crippen LogP contribution < -0.4 is 16.4 Å². The molecule has 0 aliphatic carbocycles. The number of amides is 2. The maximum absolute atomic E-state index is 13.3. The number of aromatic nitrogens is 3. The minimum atomic E-state index is -4.74. The van der Waals surface area contributed by atoms with Crippen LogP contribution in [0.1, 0.15) is 28.7 Å². The molecule has 0 aliphatic rings. The second-order valence-electron chi connectivity index (χ2n) is 6.70. The molecule has 1 atom stereocenters. The van der Waals surface area contributed by atoms with Crippen LogP contribution in [0.2, 0.25) is 0 Å². The lowest BCUT2D eigenvalue weighted by molar-refractivity contribution is -0.141. The summed E-state index contributed by atoms with van der Waals surface area (Å²) in [4.78, 5) is 28.2. The van der Waals surface area contributed by atoms with Crippen molar-refractivity contribution in [3.63, 3.8) is 0 Å².